The maximum Gasteiger partial charge on any atom is 0.416 e. The smallest absolute Gasteiger partial charge is 0.367 e. The molecule has 114 valence electrons. The minimum absolute atomic E-state index is 0.340. The third-order valence-corrected chi connectivity index (χ3v) is 3.57. The Bertz CT molecular complexity index is 701. The number of primary amides is 1. The molecule has 1 aromatic carbocycles. The number of nitrogens with zero attached hydrogens (tertiary/aromatic N) is 1. The van der Waals surface area contributed by atoms with Crippen molar-refractivity contribution in [3.05, 3.63) is 65.5 Å². The quantitative estimate of drug-likeness (QED) is 0.886. The predicted molar refractivity (Wildman–Crippen MR) is 70.4 cm³/mol. The van der Waals surface area contributed by atoms with Gasteiger partial charge in [0, 0.05) is 6.20 Å². The average molecular weight is 308 g/mol. The van der Waals surface area contributed by atoms with Crippen LogP contribution in [0.5, 0.6) is 0 Å². The molecule has 1 fully saturated rings. The van der Waals surface area contributed by atoms with Gasteiger partial charge in [0.1, 0.15) is 6.10 Å². The van der Waals surface area contributed by atoms with E-state index in [-0.39, 0.29) is 0 Å². The van der Waals surface area contributed by atoms with Crippen molar-refractivity contribution >= 4 is 5.91 Å². The van der Waals surface area contributed by atoms with E-state index in [9.17, 15) is 18.0 Å². The van der Waals surface area contributed by atoms with Gasteiger partial charge in [-0.2, -0.15) is 13.2 Å². The van der Waals surface area contributed by atoms with E-state index in [0.29, 0.717) is 11.3 Å². The van der Waals surface area contributed by atoms with E-state index < -0.39 is 29.4 Å². The molecule has 0 spiro atoms. The first-order valence-electron chi connectivity index (χ1n) is 6.42. The highest BCUT2D eigenvalue weighted by atomic mass is 19.4. The lowest BCUT2D eigenvalue weighted by Gasteiger charge is -2.09. The summed E-state index contributed by atoms with van der Waals surface area (Å²) in [7, 11) is 0. The zero-order chi connectivity index (χ0) is 16.0. The number of ether oxygens (including phenoxy) is 1. The van der Waals surface area contributed by atoms with Gasteiger partial charge < -0.3 is 10.5 Å². The van der Waals surface area contributed by atoms with Crippen molar-refractivity contribution in [2.24, 2.45) is 5.73 Å². The number of pyridine rings is 1. The zero-order valence-corrected chi connectivity index (χ0v) is 11.2. The van der Waals surface area contributed by atoms with Crippen LogP contribution < -0.4 is 5.73 Å². The summed E-state index contributed by atoms with van der Waals surface area (Å²) in [6.45, 7) is 0. The Balaban J connectivity index is 1.93. The van der Waals surface area contributed by atoms with Crippen molar-refractivity contribution in [1.82, 2.24) is 4.98 Å². The van der Waals surface area contributed by atoms with Crippen LogP contribution in [0.2, 0.25) is 0 Å². The van der Waals surface area contributed by atoms with Gasteiger partial charge >= 0.3 is 6.18 Å². The van der Waals surface area contributed by atoms with Gasteiger partial charge in [0.15, 0.2) is 0 Å². The number of nitrogens with two attached hydrogens (primary N) is 1. The second kappa shape index (κ2) is 4.81. The predicted octanol–water partition coefficient (Wildman–Crippen LogP) is 2.55. The maximum atomic E-state index is 12.6. The number of halogens is 3. The largest absolute Gasteiger partial charge is 0.416 e. The van der Waals surface area contributed by atoms with Crippen molar-refractivity contribution in [1.29, 1.82) is 0 Å². The number of hydrogen-bond acceptors (Lipinski definition) is 3. The molecule has 0 radical (unpaired) electrons. The minimum Gasteiger partial charge on any atom is -0.367 e. The Kier molecular flexibility index (Phi) is 3.17. The molecule has 1 aliphatic rings. The van der Waals surface area contributed by atoms with Gasteiger partial charge in [0.2, 0.25) is 5.60 Å². The zero-order valence-electron chi connectivity index (χ0n) is 11.2. The molecular formula is C15H11F3N2O2. The number of amides is 1. The van der Waals surface area contributed by atoms with Gasteiger partial charge in [-0.1, -0.05) is 18.2 Å². The van der Waals surface area contributed by atoms with E-state index in [2.05, 4.69) is 4.98 Å². The number of rotatable bonds is 3. The fourth-order valence-electron chi connectivity index (χ4n) is 2.39. The molecule has 2 unspecified atom stereocenters. The second-order valence-electron chi connectivity index (χ2n) is 4.93. The summed E-state index contributed by atoms with van der Waals surface area (Å²) >= 11 is 0. The fraction of sp³-hybridized carbons (Fsp3) is 0.200. The van der Waals surface area contributed by atoms with Crippen molar-refractivity contribution in [2.75, 3.05) is 0 Å². The van der Waals surface area contributed by atoms with Gasteiger partial charge in [0.05, 0.1) is 11.3 Å². The molecule has 1 saturated heterocycles. The molecule has 2 atom stereocenters. The molecule has 1 aromatic heterocycles. The highest BCUT2D eigenvalue weighted by Gasteiger charge is 2.64. The third kappa shape index (κ3) is 2.23. The molecular weight excluding hydrogens is 297 g/mol. The first kappa shape index (κ1) is 14.5. The molecule has 4 nitrogen and oxygen atoms in total. The molecule has 1 aliphatic heterocycles. The summed E-state index contributed by atoms with van der Waals surface area (Å²) in [5.74, 6) is -0.726. The highest BCUT2D eigenvalue weighted by Crippen LogP contribution is 2.56. The Morgan fingerprint density at radius 2 is 1.86 bits per heavy atom. The molecule has 7 heteroatoms. The van der Waals surface area contributed by atoms with Gasteiger partial charge in [-0.15, -0.1) is 0 Å². The summed E-state index contributed by atoms with van der Waals surface area (Å²) in [6, 6.07) is 9.39. The summed E-state index contributed by atoms with van der Waals surface area (Å²) in [5.41, 5.74) is 4.01. The minimum atomic E-state index is -4.41. The molecule has 22 heavy (non-hydrogen) atoms. The SMILES string of the molecule is NC(=O)C1(c2ccccn2)OC1c1ccc(C(F)(F)F)cc1. The normalized spacial score (nSPS) is 24.0. The van der Waals surface area contributed by atoms with Crippen molar-refractivity contribution in [3.8, 4) is 0 Å². The number of carbonyl (C=O) groups is 1. The van der Waals surface area contributed by atoms with Crippen LogP contribution in [-0.4, -0.2) is 10.9 Å². The van der Waals surface area contributed by atoms with Crippen molar-refractivity contribution in [2.45, 2.75) is 17.9 Å². The lowest BCUT2D eigenvalue weighted by atomic mass is 9.94. The lowest BCUT2D eigenvalue weighted by Crippen LogP contribution is -2.31. The van der Waals surface area contributed by atoms with E-state index in [1.54, 1.807) is 18.2 Å². The van der Waals surface area contributed by atoms with Gasteiger partial charge in [0.25, 0.3) is 5.91 Å². The highest BCUT2D eigenvalue weighted by molar-refractivity contribution is 5.88. The molecule has 0 aliphatic carbocycles. The molecule has 2 N–H and O–H groups in total. The van der Waals surface area contributed by atoms with Crippen molar-refractivity contribution < 1.29 is 22.7 Å². The fourth-order valence-corrected chi connectivity index (χ4v) is 2.39. The summed E-state index contributed by atoms with van der Waals surface area (Å²) < 4.78 is 43.1. The topological polar surface area (TPSA) is 68.5 Å². The van der Waals surface area contributed by atoms with Crippen LogP contribution in [0, 0.1) is 0 Å². The van der Waals surface area contributed by atoms with E-state index in [1.165, 1.54) is 18.3 Å². The van der Waals surface area contributed by atoms with Crippen LogP contribution >= 0.6 is 0 Å². The molecule has 1 amide bonds. The Labute approximate surface area is 123 Å². The number of carbonyl (C=O) groups excluding carboxylic acids is 1. The number of epoxide rings is 1. The van der Waals surface area contributed by atoms with Crippen LogP contribution in [0.15, 0.2) is 48.7 Å². The first-order valence-corrected chi connectivity index (χ1v) is 6.42. The van der Waals surface area contributed by atoms with Crippen LogP contribution in [0.1, 0.15) is 22.9 Å². The Morgan fingerprint density at radius 1 is 1.18 bits per heavy atom. The van der Waals surface area contributed by atoms with Crippen LogP contribution in [0.25, 0.3) is 0 Å². The van der Waals surface area contributed by atoms with E-state index in [4.69, 9.17) is 10.5 Å². The lowest BCUT2D eigenvalue weighted by molar-refractivity contribution is -0.137. The van der Waals surface area contributed by atoms with Crippen molar-refractivity contribution in [3.63, 3.8) is 0 Å². The number of alkyl halides is 3. The van der Waals surface area contributed by atoms with E-state index in [1.807, 2.05) is 0 Å². The van der Waals surface area contributed by atoms with E-state index in [0.717, 1.165) is 12.1 Å². The molecule has 2 aromatic rings. The third-order valence-electron chi connectivity index (χ3n) is 3.57. The second-order valence-corrected chi connectivity index (χ2v) is 4.93. The van der Waals surface area contributed by atoms with Crippen LogP contribution in [0.3, 0.4) is 0 Å². The monoisotopic (exact) mass is 308 g/mol. The van der Waals surface area contributed by atoms with Gasteiger partial charge in [-0.05, 0) is 29.8 Å². The molecule has 0 bridgehead atoms. The molecule has 0 saturated carbocycles. The molecule has 3 rings (SSSR count). The van der Waals surface area contributed by atoms with Gasteiger partial charge in [-0.25, -0.2) is 0 Å². The number of benzene rings is 1. The van der Waals surface area contributed by atoms with E-state index >= 15 is 0 Å². The Hall–Kier alpha value is -2.41. The standard InChI is InChI=1S/C15H11F3N2O2/c16-15(17,18)10-6-4-9(5-7-10)12-14(22-12,13(19)21)11-3-1-2-8-20-11/h1-8,12H,(H2,19,21). The Morgan fingerprint density at radius 3 is 2.36 bits per heavy atom. The summed E-state index contributed by atoms with van der Waals surface area (Å²) in [5, 5.41) is 0. The number of hydrogen-bond donors (Lipinski definition) is 1. The average Bonchev–Trinajstić information content (AvgIpc) is 3.24. The first-order chi connectivity index (χ1) is 10.4. The summed E-state index contributed by atoms with van der Waals surface area (Å²) in [6.07, 6.45) is -3.65. The number of aromatic nitrogens is 1. The molecule has 2 heterocycles. The maximum absolute atomic E-state index is 12.6. The van der Waals surface area contributed by atoms with Crippen LogP contribution in [-0.2, 0) is 21.3 Å². The summed E-state index contributed by atoms with van der Waals surface area (Å²) in [4.78, 5) is 15.8. The van der Waals surface area contributed by atoms with Crippen LogP contribution in [0.4, 0.5) is 13.2 Å². The van der Waals surface area contributed by atoms with Gasteiger partial charge in [-0.3, -0.25) is 9.78 Å².